The highest BCUT2D eigenvalue weighted by Gasteiger charge is 2.32. The molecule has 3 aromatic rings. The van der Waals surface area contributed by atoms with Gasteiger partial charge in [0.15, 0.2) is 0 Å². The molecule has 0 aliphatic carbocycles. The highest BCUT2D eigenvalue weighted by molar-refractivity contribution is 5.99. The van der Waals surface area contributed by atoms with Gasteiger partial charge >= 0.3 is 0 Å². The average Bonchev–Trinajstić information content (AvgIpc) is 3.29. The predicted molar refractivity (Wildman–Crippen MR) is 117 cm³/mol. The Labute approximate surface area is 176 Å². The number of ether oxygens (including phenoxy) is 1. The lowest BCUT2D eigenvalue weighted by Crippen LogP contribution is -2.31. The quantitative estimate of drug-likeness (QED) is 0.641. The van der Waals surface area contributed by atoms with Gasteiger partial charge in [-0.3, -0.25) is 4.79 Å². The summed E-state index contributed by atoms with van der Waals surface area (Å²) < 4.78 is 5.21. The number of methoxy groups -OCH3 is 1. The van der Waals surface area contributed by atoms with Crippen molar-refractivity contribution in [2.24, 2.45) is 0 Å². The Kier molecular flexibility index (Phi) is 5.79. The number of rotatable bonds is 6. The lowest BCUT2D eigenvalue weighted by molar-refractivity contribution is 0.0736. The Morgan fingerprint density at radius 3 is 2.73 bits per heavy atom. The summed E-state index contributed by atoms with van der Waals surface area (Å²) in [5, 5.41) is 6.33. The topological polar surface area (TPSA) is 79.4 Å². The van der Waals surface area contributed by atoms with Crippen molar-refractivity contribution in [1.82, 2.24) is 14.9 Å². The van der Waals surface area contributed by atoms with E-state index in [1.54, 1.807) is 25.6 Å². The van der Waals surface area contributed by atoms with Gasteiger partial charge in [-0.25, -0.2) is 9.97 Å². The summed E-state index contributed by atoms with van der Waals surface area (Å²) in [4.78, 5) is 24.1. The summed E-state index contributed by atoms with van der Waals surface area (Å²) in [7, 11) is 3.48. The van der Waals surface area contributed by atoms with E-state index in [0.717, 1.165) is 42.2 Å². The molecule has 1 aliphatic heterocycles. The standard InChI is InChI=1S/C23H25N5O2/c1-24-21-15-16(11-13-25-21)20-6-4-14-28(20)23(29)19-5-3-12-26-22(19)27-17-7-9-18(30-2)10-8-17/h3,5,7-13,15,20H,4,6,14H2,1-2H3,(H,24,25)(H,26,27)/t20-/m0/s1. The number of nitrogens with zero attached hydrogens (tertiary/aromatic N) is 3. The second-order valence-electron chi connectivity index (χ2n) is 7.13. The Morgan fingerprint density at radius 2 is 1.97 bits per heavy atom. The Balaban J connectivity index is 1.59. The first-order valence-electron chi connectivity index (χ1n) is 10.0. The van der Waals surface area contributed by atoms with Crippen molar-refractivity contribution in [3.05, 3.63) is 72.1 Å². The lowest BCUT2D eigenvalue weighted by atomic mass is 10.0. The van der Waals surface area contributed by atoms with Gasteiger partial charge in [-0.05, 0) is 66.9 Å². The minimum atomic E-state index is -0.0237. The fraction of sp³-hybridized carbons (Fsp3) is 0.261. The molecule has 2 aromatic heterocycles. The molecule has 1 aliphatic rings. The van der Waals surface area contributed by atoms with Crippen molar-refractivity contribution >= 4 is 23.2 Å². The molecule has 0 bridgehead atoms. The molecule has 7 heteroatoms. The molecule has 3 heterocycles. The Morgan fingerprint density at radius 1 is 1.13 bits per heavy atom. The summed E-state index contributed by atoms with van der Waals surface area (Å²) in [5.41, 5.74) is 2.49. The molecule has 30 heavy (non-hydrogen) atoms. The van der Waals surface area contributed by atoms with Gasteiger partial charge in [-0.1, -0.05) is 0 Å². The third kappa shape index (κ3) is 4.05. The molecular formula is C23H25N5O2. The van der Waals surface area contributed by atoms with E-state index in [0.29, 0.717) is 11.4 Å². The largest absolute Gasteiger partial charge is 0.497 e. The molecule has 0 radical (unpaired) electrons. The zero-order valence-corrected chi connectivity index (χ0v) is 17.1. The van der Waals surface area contributed by atoms with Crippen LogP contribution in [0.15, 0.2) is 60.9 Å². The molecule has 1 amide bonds. The number of anilines is 3. The van der Waals surface area contributed by atoms with Gasteiger partial charge in [0.05, 0.1) is 18.7 Å². The van der Waals surface area contributed by atoms with Crippen molar-refractivity contribution in [3.63, 3.8) is 0 Å². The van der Waals surface area contributed by atoms with Crippen LogP contribution in [-0.4, -0.2) is 41.5 Å². The molecule has 0 unspecified atom stereocenters. The molecule has 2 N–H and O–H groups in total. The number of carbonyl (C=O) groups excluding carboxylic acids is 1. The van der Waals surface area contributed by atoms with Crippen LogP contribution in [-0.2, 0) is 0 Å². The number of aromatic nitrogens is 2. The number of amides is 1. The SMILES string of the molecule is CNc1cc([C@@H]2CCCN2C(=O)c2cccnc2Nc2ccc(OC)cc2)ccn1. The maximum absolute atomic E-state index is 13.5. The minimum Gasteiger partial charge on any atom is -0.497 e. The molecule has 154 valence electrons. The fourth-order valence-corrected chi connectivity index (χ4v) is 3.79. The number of benzene rings is 1. The normalized spacial score (nSPS) is 15.7. The number of likely N-dealkylation sites (tertiary alicyclic amines) is 1. The van der Waals surface area contributed by atoms with E-state index in [2.05, 4.69) is 20.6 Å². The first kappa shape index (κ1) is 19.7. The summed E-state index contributed by atoms with van der Waals surface area (Å²) in [5.74, 6) is 2.10. The van der Waals surface area contributed by atoms with E-state index < -0.39 is 0 Å². The number of nitrogens with one attached hydrogen (secondary N) is 2. The van der Waals surface area contributed by atoms with Gasteiger partial charge in [0, 0.05) is 31.7 Å². The second-order valence-corrected chi connectivity index (χ2v) is 7.13. The van der Waals surface area contributed by atoms with Crippen molar-refractivity contribution < 1.29 is 9.53 Å². The van der Waals surface area contributed by atoms with Gasteiger partial charge in [-0.15, -0.1) is 0 Å². The zero-order valence-electron chi connectivity index (χ0n) is 17.1. The smallest absolute Gasteiger partial charge is 0.258 e. The Hall–Kier alpha value is -3.61. The van der Waals surface area contributed by atoms with Gasteiger partial charge in [0.25, 0.3) is 5.91 Å². The summed E-state index contributed by atoms with van der Waals surface area (Å²) in [6.07, 6.45) is 5.37. The van der Waals surface area contributed by atoms with Crippen LogP contribution in [0.2, 0.25) is 0 Å². The third-order valence-electron chi connectivity index (χ3n) is 5.33. The van der Waals surface area contributed by atoms with E-state index in [1.165, 1.54) is 0 Å². The predicted octanol–water partition coefficient (Wildman–Crippen LogP) is 4.25. The molecule has 1 saturated heterocycles. The fourth-order valence-electron chi connectivity index (χ4n) is 3.79. The molecule has 1 fully saturated rings. The Bertz CT molecular complexity index is 1020. The monoisotopic (exact) mass is 403 g/mol. The van der Waals surface area contributed by atoms with Crippen molar-refractivity contribution in [3.8, 4) is 5.75 Å². The lowest BCUT2D eigenvalue weighted by Gasteiger charge is -2.26. The van der Waals surface area contributed by atoms with Crippen LogP contribution in [0.25, 0.3) is 0 Å². The van der Waals surface area contributed by atoms with Crippen LogP contribution in [0.5, 0.6) is 5.75 Å². The van der Waals surface area contributed by atoms with Crippen LogP contribution < -0.4 is 15.4 Å². The number of hydrogen-bond acceptors (Lipinski definition) is 6. The molecule has 0 spiro atoms. The van der Waals surface area contributed by atoms with E-state index >= 15 is 0 Å². The number of pyridine rings is 2. The second kappa shape index (κ2) is 8.82. The van der Waals surface area contributed by atoms with Crippen molar-refractivity contribution in [2.45, 2.75) is 18.9 Å². The minimum absolute atomic E-state index is 0.0237. The molecule has 7 nitrogen and oxygen atoms in total. The average molecular weight is 403 g/mol. The van der Waals surface area contributed by atoms with Gasteiger partial charge in [0.1, 0.15) is 17.4 Å². The number of carbonyl (C=O) groups is 1. The molecule has 0 saturated carbocycles. The van der Waals surface area contributed by atoms with E-state index in [-0.39, 0.29) is 11.9 Å². The summed E-state index contributed by atoms with van der Waals surface area (Å²) in [6.45, 7) is 0.720. The van der Waals surface area contributed by atoms with Crippen LogP contribution in [0.3, 0.4) is 0 Å². The summed E-state index contributed by atoms with van der Waals surface area (Å²) >= 11 is 0. The van der Waals surface area contributed by atoms with Gasteiger partial charge in [-0.2, -0.15) is 0 Å². The van der Waals surface area contributed by atoms with Crippen LogP contribution in [0, 0.1) is 0 Å². The number of hydrogen-bond donors (Lipinski definition) is 2. The maximum atomic E-state index is 13.5. The van der Waals surface area contributed by atoms with Crippen LogP contribution >= 0.6 is 0 Å². The van der Waals surface area contributed by atoms with E-state index in [1.807, 2.05) is 54.4 Å². The van der Waals surface area contributed by atoms with Gasteiger partial charge < -0.3 is 20.3 Å². The first-order valence-corrected chi connectivity index (χ1v) is 10.0. The van der Waals surface area contributed by atoms with Crippen molar-refractivity contribution in [1.29, 1.82) is 0 Å². The highest BCUT2D eigenvalue weighted by Crippen LogP contribution is 2.34. The van der Waals surface area contributed by atoms with Gasteiger partial charge in [0.2, 0.25) is 0 Å². The first-order chi connectivity index (χ1) is 14.7. The third-order valence-corrected chi connectivity index (χ3v) is 5.33. The molecule has 1 aromatic carbocycles. The van der Waals surface area contributed by atoms with E-state index in [9.17, 15) is 4.79 Å². The molecule has 1 atom stereocenters. The van der Waals surface area contributed by atoms with E-state index in [4.69, 9.17) is 4.74 Å². The molecular weight excluding hydrogens is 378 g/mol. The maximum Gasteiger partial charge on any atom is 0.258 e. The molecule has 4 rings (SSSR count). The van der Waals surface area contributed by atoms with Crippen molar-refractivity contribution in [2.75, 3.05) is 31.3 Å². The van der Waals surface area contributed by atoms with Crippen LogP contribution in [0.1, 0.15) is 34.8 Å². The summed E-state index contributed by atoms with van der Waals surface area (Å²) in [6, 6.07) is 15.2. The highest BCUT2D eigenvalue weighted by atomic mass is 16.5. The van der Waals surface area contributed by atoms with Crippen LogP contribution in [0.4, 0.5) is 17.3 Å². The zero-order chi connectivity index (χ0) is 20.9.